The van der Waals surface area contributed by atoms with Crippen molar-refractivity contribution in [2.24, 2.45) is 0 Å². The number of amides is 3. The molecule has 0 unspecified atom stereocenters. The Labute approximate surface area is 219 Å². The highest BCUT2D eigenvalue weighted by Gasteiger charge is 2.36. The minimum Gasteiger partial charge on any atom is -0.324 e. The van der Waals surface area contributed by atoms with Gasteiger partial charge in [-0.25, -0.2) is 0 Å². The summed E-state index contributed by atoms with van der Waals surface area (Å²) in [5.41, 5.74) is 1.69. The molecule has 3 aromatic rings. The molecule has 4 rings (SSSR count). The topological polar surface area (TPSA) is 110 Å². The Bertz CT molecular complexity index is 1410. The van der Waals surface area contributed by atoms with E-state index in [-0.39, 0.29) is 10.6 Å². The summed E-state index contributed by atoms with van der Waals surface area (Å²) in [5, 5.41) is 14.4. The van der Waals surface area contributed by atoms with Crippen LogP contribution in [0.5, 0.6) is 0 Å². The molecule has 0 radical (unpaired) electrons. The highest BCUT2D eigenvalue weighted by molar-refractivity contribution is 8.18. The van der Waals surface area contributed by atoms with E-state index in [1.54, 1.807) is 48.5 Å². The van der Waals surface area contributed by atoms with Gasteiger partial charge in [-0.1, -0.05) is 47.6 Å². The number of rotatable bonds is 7. The van der Waals surface area contributed by atoms with Crippen molar-refractivity contribution in [1.82, 2.24) is 4.90 Å². The number of nitro groups is 1. The van der Waals surface area contributed by atoms with Crippen LogP contribution in [0.25, 0.3) is 6.08 Å². The Morgan fingerprint density at radius 3 is 2.56 bits per heavy atom. The van der Waals surface area contributed by atoms with Crippen molar-refractivity contribution < 1.29 is 19.3 Å². The van der Waals surface area contributed by atoms with Crippen molar-refractivity contribution >= 4 is 69.6 Å². The lowest BCUT2D eigenvalue weighted by Crippen LogP contribution is -2.36. The molecule has 1 heterocycles. The van der Waals surface area contributed by atoms with E-state index in [0.717, 1.165) is 15.4 Å². The Kier molecular flexibility index (Phi) is 7.78. The first-order valence-corrected chi connectivity index (χ1v) is 12.5. The van der Waals surface area contributed by atoms with Crippen molar-refractivity contribution in [3.05, 3.63) is 97.9 Å². The number of anilines is 1. The summed E-state index contributed by atoms with van der Waals surface area (Å²) in [6.07, 6.45) is 1.41. The monoisotopic (exact) mass is 539 g/mol. The number of nitrogens with one attached hydrogen (secondary N) is 1. The summed E-state index contributed by atoms with van der Waals surface area (Å²) in [6, 6.07) is 18.6. The maximum atomic E-state index is 12.8. The van der Waals surface area contributed by atoms with Gasteiger partial charge < -0.3 is 5.32 Å². The SMILES string of the molecule is Cc1ccccc1NC(=O)CN1C(=O)SC(=Cc2ccc(Sc3ccc(Cl)cc3)c([N+](=O)[O-])c2)C1=O. The van der Waals surface area contributed by atoms with E-state index in [1.165, 1.54) is 23.9 Å². The molecule has 1 aliphatic heterocycles. The number of para-hydroxylation sites is 1. The Morgan fingerprint density at radius 1 is 1.14 bits per heavy atom. The van der Waals surface area contributed by atoms with Gasteiger partial charge in [0.2, 0.25) is 5.91 Å². The average Bonchev–Trinajstić information content (AvgIpc) is 3.10. The molecule has 1 aliphatic rings. The van der Waals surface area contributed by atoms with Crippen molar-refractivity contribution in [3.8, 4) is 0 Å². The van der Waals surface area contributed by atoms with Gasteiger partial charge in [0.25, 0.3) is 16.8 Å². The lowest BCUT2D eigenvalue weighted by atomic mass is 10.2. The van der Waals surface area contributed by atoms with Gasteiger partial charge in [-0.2, -0.15) is 0 Å². The number of carbonyl (C=O) groups excluding carboxylic acids is 3. The van der Waals surface area contributed by atoms with Crippen LogP contribution in [0.15, 0.2) is 81.4 Å². The normalized spacial score (nSPS) is 14.4. The molecule has 3 aromatic carbocycles. The largest absolute Gasteiger partial charge is 0.324 e. The molecule has 1 saturated heterocycles. The van der Waals surface area contributed by atoms with Crippen LogP contribution >= 0.6 is 35.1 Å². The predicted octanol–water partition coefficient (Wildman–Crippen LogP) is 6.38. The molecule has 1 N–H and O–H groups in total. The van der Waals surface area contributed by atoms with Gasteiger partial charge >= 0.3 is 0 Å². The maximum absolute atomic E-state index is 12.8. The van der Waals surface area contributed by atoms with E-state index < -0.39 is 28.5 Å². The van der Waals surface area contributed by atoms with Crippen LogP contribution in [0, 0.1) is 17.0 Å². The Hall–Kier alpha value is -3.60. The lowest BCUT2D eigenvalue weighted by molar-refractivity contribution is -0.387. The van der Waals surface area contributed by atoms with Gasteiger partial charge in [-0.05, 0) is 72.3 Å². The molecule has 0 spiro atoms. The average molecular weight is 540 g/mol. The lowest BCUT2D eigenvalue weighted by Gasteiger charge is -2.13. The second-order valence-electron chi connectivity index (χ2n) is 7.67. The molecule has 8 nitrogen and oxygen atoms in total. The molecule has 0 bridgehead atoms. The van der Waals surface area contributed by atoms with Crippen LogP contribution in [-0.4, -0.2) is 33.4 Å². The first-order chi connectivity index (χ1) is 17.2. The smallest absolute Gasteiger partial charge is 0.294 e. The number of halogens is 1. The second kappa shape index (κ2) is 11.0. The minimum absolute atomic E-state index is 0.0797. The van der Waals surface area contributed by atoms with E-state index in [2.05, 4.69) is 5.32 Å². The van der Waals surface area contributed by atoms with Crippen molar-refractivity contribution in [1.29, 1.82) is 0 Å². The number of imide groups is 1. The highest BCUT2D eigenvalue weighted by Crippen LogP contribution is 2.37. The molecular formula is C25H18ClN3O5S2. The number of thioether (sulfide) groups is 1. The number of benzene rings is 3. The third-order valence-electron chi connectivity index (χ3n) is 5.11. The molecule has 0 aliphatic carbocycles. The first kappa shape index (κ1) is 25.5. The zero-order valence-corrected chi connectivity index (χ0v) is 21.2. The Morgan fingerprint density at radius 2 is 1.86 bits per heavy atom. The first-order valence-electron chi connectivity index (χ1n) is 10.5. The minimum atomic E-state index is -0.632. The fraction of sp³-hybridized carbons (Fsp3) is 0.0800. The van der Waals surface area contributed by atoms with Crippen molar-refractivity contribution in [3.63, 3.8) is 0 Å². The van der Waals surface area contributed by atoms with Crippen LogP contribution < -0.4 is 5.32 Å². The number of hydrogen-bond donors (Lipinski definition) is 1. The summed E-state index contributed by atoms with van der Waals surface area (Å²) in [6.45, 7) is 1.39. The summed E-state index contributed by atoms with van der Waals surface area (Å²) in [4.78, 5) is 51.0. The van der Waals surface area contributed by atoms with Crippen LogP contribution in [0.3, 0.4) is 0 Å². The van der Waals surface area contributed by atoms with Gasteiger partial charge in [-0.3, -0.25) is 29.4 Å². The molecule has 0 atom stereocenters. The van der Waals surface area contributed by atoms with Gasteiger partial charge in [0.05, 0.1) is 14.7 Å². The second-order valence-corrected chi connectivity index (χ2v) is 10.2. The molecule has 182 valence electrons. The molecular weight excluding hydrogens is 522 g/mol. The Balaban J connectivity index is 1.50. The van der Waals surface area contributed by atoms with Gasteiger partial charge in [0.15, 0.2) is 0 Å². The highest BCUT2D eigenvalue weighted by atomic mass is 35.5. The molecule has 0 saturated carbocycles. The van der Waals surface area contributed by atoms with Gasteiger partial charge in [-0.15, -0.1) is 0 Å². The number of aryl methyl sites for hydroxylation is 1. The molecule has 36 heavy (non-hydrogen) atoms. The third kappa shape index (κ3) is 5.96. The number of carbonyl (C=O) groups is 3. The fourth-order valence-electron chi connectivity index (χ4n) is 3.32. The van der Waals surface area contributed by atoms with E-state index in [1.807, 2.05) is 19.1 Å². The van der Waals surface area contributed by atoms with Crippen molar-refractivity contribution in [2.75, 3.05) is 11.9 Å². The van der Waals surface area contributed by atoms with Gasteiger partial charge in [0.1, 0.15) is 6.54 Å². The summed E-state index contributed by atoms with van der Waals surface area (Å²) in [5.74, 6) is -1.14. The summed E-state index contributed by atoms with van der Waals surface area (Å²) in [7, 11) is 0. The zero-order valence-electron chi connectivity index (χ0n) is 18.8. The predicted molar refractivity (Wildman–Crippen MR) is 141 cm³/mol. The van der Waals surface area contributed by atoms with E-state index in [9.17, 15) is 24.5 Å². The molecule has 3 amide bonds. The summed E-state index contributed by atoms with van der Waals surface area (Å²) < 4.78 is 0. The zero-order chi connectivity index (χ0) is 25.8. The van der Waals surface area contributed by atoms with Crippen LogP contribution in [0.4, 0.5) is 16.2 Å². The number of nitrogens with zero attached hydrogens (tertiary/aromatic N) is 2. The van der Waals surface area contributed by atoms with Crippen molar-refractivity contribution in [2.45, 2.75) is 16.7 Å². The molecule has 1 fully saturated rings. The van der Waals surface area contributed by atoms with Crippen LogP contribution in [0.1, 0.15) is 11.1 Å². The quantitative estimate of drug-likeness (QED) is 0.210. The van der Waals surface area contributed by atoms with E-state index >= 15 is 0 Å². The van der Waals surface area contributed by atoms with Crippen LogP contribution in [0.2, 0.25) is 5.02 Å². The number of nitro benzene ring substituents is 1. The standard InChI is InChI=1S/C25H18ClN3O5S2/c1-15-4-2-3-5-19(15)27-23(30)14-28-24(31)22(36-25(28)32)13-16-6-11-21(20(12-16)29(33)34)35-18-9-7-17(26)8-10-18/h2-13H,14H2,1H3,(H,27,30). The number of hydrogen-bond acceptors (Lipinski definition) is 7. The van der Waals surface area contributed by atoms with Crippen LogP contribution in [-0.2, 0) is 9.59 Å². The molecule has 0 aromatic heterocycles. The third-order valence-corrected chi connectivity index (χ3v) is 7.35. The summed E-state index contributed by atoms with van der Waals surface area (Å²) >= 11 is 7.79. The maximum Gasteiger partial charge on any atom is 0.294 e. The van der Waals surface area contributed by atoms with Gasteiger partial charge in [0, 0.05) is 21.7 Å². The van der Waals surface area contributed by atoms with E-state index in [0.29, 0.717) is 32.9 Å². The molecule has 11 heteroatoms. The van der Waals surface area contributed by atoms with E-state index in [4.69, 9.17) is 11.6 Å². The fourth-order valence-corrected chi connectivity index (χ4v) is 5.18.